The van der Waals surface area contributed by atoms with Gasteiger partial charge in [-0.15, -0.1) is 0 Å². The fourth-order valence-corrected chi connectivity index (χ4v) is 4.28. The summed E-state index contributed by atoms with van der Waals surface area (Å²) < 4.78 is 5.54. The van der Waals surface area contributed by atoms with Gasteiger partial charge in [0.2, 0.25) is 0 Å². The Morgan fingerprint density at radius 2 is 2.04 bits per heavy atom. The fourth-order valence-electron chi connectivity index (χ4n) is 4.28. The molecule has 0 aliphatic carbocycles. The molecule has 25 heavy (non-hydrogen) atoms. The van der Waals surface area contributed by atoms with Crippen molar-refractivity contribution in [2.45, 2.75) is 65.0 Å². The first-order valence-electron chi connectivity index (χ1n) is 8.98. The molecule has 2 aromatic heterocycles. The van der Waals surface area contributed by atoms with E-state index in [-0.39, 0.29) is 23.6 Å². The largest absolute Gasteiger partial charge is 0.466 e. The van der Waals surface area contributed by atoms with Crippen molar-refractivity contribution >= 4 is 5.91 Å². The number of fused-ring (bicyclic) bond motifs is 3. The van der Waals surface area contributed by atoms with Gasteiger partial charge in [-0.3, -0.25) is 9.59 Å². The summed E-state index contributed by atoms with van der Waals surface area (Å²) in [4.78, 5) is 35.1. The summed E-state index contributed by atoms with van der Waals surface area (Å²) in [6.45, 7) is 5.66. The van der Waals surface area contributed by atoms with Crippen molar-refractivity contribution in [1.82, 2.24) is 14.9 Å². The predicted octanol–water partition coefficient (Wildman–Crippen LogP) is 2.31. The topological polar surface area (TPSA) is 79.2 Å². The van der Waals surface area contributed by atoms with E-state index in [1.54, 1.807) is 0 Å². The van der Waals surface area contributed by atoms with E-state index in [4.69, 9.17) is 4.42 Å². The fraction of sp³-hybridized carbons (Fsp3) is 0.526. The maximum atomic E-state index is 13.2. The molecule has 2 atom stereocenters. The van der Waals surface area contributed by atoms with Crippen molar-refractivity contribution in [2.75, 3.05) is 0 Å². The minimum Gasteiger partial charge on any atom is -0.466 e. The first kappa shape index (κ1) is 16.1. The molecule has 4 heterocycles. The predicted molar refractivity (Wildman–Crippen MR) is 92.8 cm³/mol. The second-order valence-corrected chi connectivity index (χ2v) is 7.12. The van der Waals surface area contributed by atoms with Crippen LogP contribution >= 0.6 is 0 Å². The molecule has 0 radical (unpaired) electrons. The second kappa shape index (κ2) is 5.86. The number of carbonyl (C=O) groups is 1. The van der Waals surface area contributed by atoms with Crippen LogP contribution in [-0.4, -0.2) is 32.9 Å². The number of H-pyrrole nitrogens is 1. The van der Waals surface area contributed by atoms with Crippen molar-refractivity contribution in [2.24, 2.45) is 0 Å². The number of aromatic amines is 1. The molecule has 0 spiro atoms. The smallest absolute Gasteiger partial charge is 0.257 e. The van der Waals surface area contributed by atoms with Gasteiger partial charge >= 0.3 is 0 Å². The maximum Gasteiger partial charge on any atom is 0.257 e. The highest BCUT2D eigenvalue weighted by Gasteiger charge is 2.41. The van der Waals surface area contributed by atoms with Gasteiger partial charge < -0.3 is 14.3 Å². The Morgan fingerprint density at radius 3 is 2.68 bits per heavy atom. The molecule has 6 nitrogen and oxygen atoms in total. The Hall–Kier alpha value is -2.37. The lowest BCUT2D eigenvalue weighted by Crippen LogP contribution is -2.42. The zero-order chi connectivity index (χ0) is 17.7. The summed E-state index contributed by atoms with van der Waals surface area (Å²) in [5, 5.41) is 0. The average molecular weight is 341 g/mol. The van der Waals surface area contributed by atoms with Gasteiger partial charge in [-0.1, -0.05) is 6.92 Å². The van der Waals surface area contributed by atoms with E-state index in [1.807, 2.05) is 31.7 Å². The molecule has 1 amide bonds. The number of furan rings is 1. The second-order valence-electron chi connectivity index (χ2n) is 7.12. The highest BCUT2D eigenvalue weighted by Crippen LogP contribution is 2.34. The number of hydrogen-bond acceptors (Lipinski definition) is 4. The molecule has 2 aromatic rings. The number of carbonyl (C=O) groups excluding carboxylic acids is 1. The van der Waals surface area contributed by atoms with E-state index in [2.05, 4.69) is 9.97 Å². The van der Waals surface area contributed by atoms with Crippen LogP contribution in [0.2, 0.25) is 0 Å². The van der Waals surface area contributed by atoms with Crippen LogP contribution < -0.4 is 5.56 Å². The first-order valence-corrected chi connectivity index (χ1v) is 8.98. The van der Waals surface area contributed by atoms with E-state index in [9.17, 15) is 9.59 Å². The van der Waals surface area contributed by atoms with Crippen LogP contribution in [0.15, 0.2) is 15.3 Å². The van der Waals surface area contributed by atoms with Crippen LogP contribution in [0.25, 0.3) is 0 Å². The molecular weight excluding hydrogens is 318 g/mol. The standard InChI is InChI=1S/C19H23N3O3/c1-4-17-20-16-9-13-6-5-12(8-15(16)18(23)21-17)22(13)19(24)14-7-10(2)25-11(14)3/h7,12-13H,4-6,8-9H2,1-3H3,(H,20,21,23). The number of nitrogens with zero attached hydrogens (tertiary/aromatic N) is 2. The number of rotatable bonds is 2. The number of nitrogens with one attached hydrogen (secondary N) is 1. The summed E-state index contributed by atoms with van der Waals surface area (Å²) >= 11 is 0. The Balaban J connectivity index is 1.72. The highest BCUT2D eigenvalue weighted by molar-refractivity contribution is 5.96. The van der Waals surface area contributed by atoms with Gasteiger partial charge in [0.15, 0.2) is 0 Å². The number of hydrogen-bond donors (Lipinski definition) is 1. The third-order valence-electron chi connectivity index (χ3n) is 5.48. The van der Waals surface area contributed by atoms with Crippen LogP contribution in [-0.2, 0) is 19.3 Å². The van der Waals surface area contributed by atoms with E-state index in [0.29, 0.717) is 30.6 Å². The van der Waals surface area contributed by atoms with Crippen LogP contribution in [0.4, 0.5) is 0 Å². The van der Waals surface area contributed by atoms with Gasteiger partial charge in [-0.2, -0.15) is 0 Å². The van der Waals surface area contributed by atoms with Gasteiger partial charge in [0.25, 0.3) is 11.5 Å². The Morgan fingerprint density at radius 1 is 1.32 bits per heavy atom. The van der Waals surface area contributed by atoms with Crippen molar-refractivity contribution in [3.63, 3.8) is 0 Å². The van der Waals surface area contributed by atoms with Crippen LogP contribution in [0.3, 0.4) is 0 Å². The number of aromatic nitrogens is 2. The lowest BCUT2D eigenvalue weighted by Gasteiger charge is -2.27. The number of aryl methyl sites for hydroxylation is 3. The summed E-state index contributed by atoms with van der Waals surface area (Å²) in [6.07, 6.45) is 3.83. The third kappa shape index (κ3) is 2.60. The molecule has 6 heteroatoms. The molecular formula is C19H23N3O3. The van der Waals surface area contributed by atoms with Crippen LogP contribution in [0, 0.1) is 13.8 Å². The minimum atomic E-state index is -0.0443. The van der Waals surface area contributed by atoms with Crippen molar-refractivity contribution in [1.29, 1.82) is 0 Å². The van der Waals surface area contributed by atoms with Gasteiger partial charge in [-0.25, -0.2) is 4.98 Å². The molecule has 4 rings (SSSR count). The lowest BCUT2D eigenvalue weighted by molar-refractivity contribution is 0.0671. The summed E-state index contributed by atoms with van der Waals surface area (Å²) in [7, 11) is 0. The molecule has 1 saturated heterocycles. The van der Waals surface area contributed by atoms with Crippen LogP contribution in [0.5, 0.6) is 0 Å². The third-order valence-corrected chi connectivity index (χ3v) is 5.48. The van der Waals surface area contributed by atoms with Crippen LogP contribution in [0.1, 0.15) is 58.7 Å². The summed E-state index contributed by atoms with van der Waals surface area (Å²) in [5.74, 6) is 2.15. The highest BCUT2D eigenvalue weighted by atomic mass is 16.3. The lowest BCUT2D eigenvalue weighted by atomic mass is 9.98. The molecule has 0 aromatic carbocycles. The summed E-state index contributed by atoms with van der Waals surface area (Å²) in [6, 6.07) is 1.98. The molecule has 2 aliphatic heterocycles. The van der Waals surface area contributed by atoms with Crippen molar-refractivity contribution in [3.05, 3.63) is 50.6 Å². The van der Waals surface area contributed by atoms with Gasteiger partial charge in [0.05, 0.1) is 11.3 Å². The molecule has 2 unspecified atom stereocenters. The van der Waals surface area contributed by atoms with E-state index < -0.39 is 0 Å². The molecule has 1 N–H and O–H groups in total. The normalized spacial score (nSPS) is 22.0. The number of amides is 1. The van der Waals surface area contributed by atoms with E-state index >= 15 is 0 Å². The summed E-state index contributed by atoms with van der Waals surface area (Å²) in [5.41, 5.74) is 2.21. The monoisotopic (exact) mass is 341 g/mol. The molecule has 2 aliphatic rings. The van der Waals surface area contributed by atoms with Gasteiger partial charge in [-0.05, 0) is 32.8 Å². The zero-order valence-electron chi connectivity index (χ0n) is 14.9. The van der Waals surface area contributed by atoms with Gasteiger partial charge in [0, 0.05) is 36.9 Å². The Bertz CT molecular complexity index is 896. The Labute approximate surface area is 146 Å². The minimum absolute atomic E-state index is 0.0156. The maximum absolute atomic E-state index is 13.2. The quantitative estimate of drug-likeness (QED) is 0.909. The van der Waals surface area contributed by atoms with Gasteiger partial charge in [0.1, 0.15) is 17.3 Å². The molecule has 2 bridgehead atoms. The molecule has 132 valence electrons. The van der Waals surface area contributed by atoms with Crippen molar-refractivity contribution < 1.29 is 9.21 Å². The van der Waals surface area contributed by atoms with E-state index in [1.165, 1.54) is 0 Å². The average Bonchev–Trinajstić information content (AvgIpc) is 3.05. The molecule has 1 fully saturated rings. The van der Waals surface area contributed by atoms with E-state index in [0.717, 1.165) is 35.7 Å². The zero-order valence-corrected chi connectivity index (χ0v) is 14.9. The SMILES string of the molecule is CCc1nc2c(c(=O)[nH]1)CC1CCC(C2)N1C(=O)c1cc(C)oc1C. The first-order chi connectivity index (χ1) is 12.0. The molecule has 0 saturated carbocycles. The van der Waals surface area contributed by atoms with Crippen molar-refractivity contribution in [3.8, 4) is 0 Å². The Kier molecular flexibility index (Phi) is 3.78.